The highest BCUT2D eigenvalue weighted by Gasteiger charge is 2.18. The molecule has 0 saturated heterocycles. The number of rotatable bonds is 6. The molecule has 1 heterocycles. The molecule has 0 aliphatic carbocycles. The van der Waals surface area contributed by atoms with Gasteiger partial charge in [-0.25, -0.2) is 0 Å². The molecular weight excluding hydrogens is 330 g/mol. The maximum absolute atomic E-state index is 12.6. The molecule has 5 heteroatoms. The first-order valence-electron chi connectivity index (χ1n) is 8.45. The first-order valence-corrected chi connectivity index (χ1v) is 8.45. The van der Waals surface area contributed by atoms with E-state index in [1.54, 1.807) is 38.3 Å². The number of ketones is 1. The highest BCUT2D eigenvalue weighted by atomic mass is 16.5. The Morgan fingerprint density at radius 2 is 1.85 bits per heavy atom. The lowest BCUT2D eigenvalue weighted by molar-refractivity contribution is -0.116. The van der Waals surface area contributed by atoms with Gasteiger partial charge >= 0.3 is 0 Å². The number of amides is 1. The number of benzene rings is 2. The average molecular weight is 351 g/mol. The van der Waals surface area contributed by atoms with E-state index in [9.17, 15) is 9.59 Å². The zero-order chi connectivity index (χ0) is 18.7. The smallest absolute Gasteiger partial charge is 0.291 e. The third-order valence-corrected chi connectivity index (χ3v) is 4.32. The maximum atomic E-state index is 12.6. The lowest BCUT2D eigenvalue weighted by Crippen LogP contribution is -2.11. The number of ether oxygens (including phenoxy) is 1. The van der Waals surface area contributed by atoms with E-state index in [1.165, 1.54) is 0 Å². The minimum atomic E-state index is -0.297. The Hall–Kier alpha value is -3.08. The van der Waals surface area contributed by atoms with Crippen LogP contribution in [0.5, 0.6) is 5.75 Å². The Bertz CT molecular complexity index is 954. The number of aryl methyl sites for hydroxylation is 2. The van der Waals surface area contributed by atoms with Crippen molar-refractivity contribution in [2.45, 2.75) is 26.7 Å². The molecule has 0 unspecified atom stereocenters. The molecular formula is C21H21NO4. The number of hydrogen-bond acceptors (Lipinski definition) is 4. The zero-order valence-corrected chi connectivity index (χ0v) is 15.1. The Labute approximate surface area is 152 Å². The monoisotopic (exact) mass is 351 g/mol. The zero-order valence-electron chi connectivity index (χ0n) is 15.1. The lowest BCUT2D eigenvalue weighted by atomic mass is 10.0. The fourth-order valence-corrected chi connectivity index (χ4v) is 2.82. The largest absolute Gasteiger partial charge is 0.497 e. The van der Waals surface area contributed by atoms with Gasteiger partial charge in [0.05, 0.1) is 7.11 Å². The molecule has 0 atom stereocenters. The predicted molar refractivity (Wildman–Crippen MR) is 101 cm³/mol. The number of carbonyl (C=O) groups is 2. The van der Waals surface area contributed by atoms with Gasteiger partial charge in [-0.15, -0.1) is 0 Å². The third-order valence-electron chi connectivity index (χ3n) is 4.32. The molecule has 0 spiro atoms. The highest BCUT2D eigenvalue weighted by Crippen LogP contribution is 2.27. The molecule has 1 N–H and O–H groups in total. The van der Waals surface area contributed by atoms with Gasteiger partial charge in [0.1, 0.15) is 17.1 Å². The van der Waals surface area contributed by atoms with Crippen LogP contribution in [-0.4, -0.2) is 18.8 Å². The molecule has 0 saturated carbocycles. The van der Waals surface area contributed by atoms with E-state index < -0.39 is 0 Å². The standard InChI is InChI=1S/C21H21NO4/c1-13(23)4-5-15-6-11-19-18(12-15)14(2)20(26-19)21(24)22-16-7-9-17(25-3)10-8-16/h6-12H,4-5H2,1-3H3,(H,22,24). The van der Waals surface area contributed by atoms with E-state index in [1.807, 2.05) is 25.1 Å². The molecule has 26 heavy (non-hydrogen) atoms. The fraction of sp³-hybridized carbons (Fsp3) is 0.238. The van der Waals surface area contributed by atoms with E-state index in [4.69, 9.17) is 9.15 Å². The molecule has 0 radical (unpaired) electrons. The summed E-state index contributed by atoms with van der Waals surface area (Å²) in [5.74, 6) is 0.878. The Balaban J connectivity index is 1.83. The third kappa shape index (κ3) is 3.77. The van der Waals surface area contributed by atoms with Crippen molar-refractivity contribution in [1.29, 1.82) is 0 Å². The Morgan fingerprint density at radius 1 is 1.12 bits per heavy atom. The quantitative estimate of drug-likeness (QED) is 0.709. The van der Waals surface area contributed by atoms with Crippen molar-refractivity contribution >= 4 is 28.3 Å². The van der Waals surface area contributed by atoms with Crippen LogP contribution in [0.3, 0.4) is 0 Å². The van der Waals surface area contributed by atoms with Crippen molar-refractivity contribution in [2.24, 2.45) is 0 Å². The average Bonchev–Trinajstić information content (AvgIpc) is 2.97. The number of methoxy groups -OCH3 is 1. The van der Waals surface area contributed by atoms with Gasteiger partial charge in [-0.2, -0.15) is 0 Å². The van der Waals surface area contributed by atoms with Crippen LogP contribution in [0, 0.1) is 6.92 Å². The van der Waals surface area contributed by atoms with Crippen LogP contribution in [0.1, 0.15) is 35.0 Å². The Kier molecular flexibility index (Phi) is 5.07. The SMILES string of the molecule is COc1ccc(NC(=O)c2oc3ccc(CCC(C)=O)cc3c2C)cc1. The fourth-order valence-electron chi connectivity index (χ4n) is 2.82. The van der Waals surface area contributed by atoms with E-state index >= 15 is 0 Å². The van der Waals surface area contributed by atoms with Gasteiger partial charge in [0, 0.05) is 23.1 Å². The first-order chi connectivity index (χ1) is 12.5. The van der Waals surface area contributed by atoms with Crippen molar-refractivity contribution in [1.82, 2.24) is 0 Å². The van der Waals surface area contributed by atoms with Crippen molar-refractivity contribution in [3.8, 4) is 5.75 Å². The molecule has 3 rings (SSSR count). The van der Waals surface area contributed by atoms with Gasteiger partial charge in [-0.3, -0.25) is 4.79 Å². The van der Waals surface area contributed by atoms with Crippen molar-refractivity contribution < 1.29 is 18.7 Å². The summed E-state index contributed by atoms with van der Waals surface area (Å²) in [4.78, 5) is 23.8. The van der Waals surface area contributed by atoms with Gasteiger partial charge in [-0.05, 0) is 62.2 Å². The number of carbonyl (C=O) groups excluding carboxylic acids is 2. The summed E-state index contributed by atoms with van der Waals surface area (Å²) in [6, 6.07) is 12.9. The van der Waals surface area contributed by atoms with Crippen LogP contribution in [-0.2, 0) is 11.2 Å². The second kappa shape index (κ2) is 7.44. The van der Waals surface area contributed by atoms with Gasteiger partial charge < -0.3 is 19.3 Å². The summed E-state index contributed by atoms with van der Waals surface area (Å²) >= 11 is 0. The lowest BCUT2D eigenvalue weighted by Gasteiger charge is -2.05. The summed E-state index contributed by atoms with van der Waals surface area (Å²) in [5, 5.41) is 3.73. The minimum Gasteiger partial charge on any atom is -0.497 e. The molecule has 134 valence electrons. The van der Waals surface area contributed by atoms with Crippen LogP contribution < -0.4 is 10.1 Å². The molecule has 1 amide bonds. The number of nitrogens with one attached hydrogen (secondary N) is 1. The van der Waals surface area contributed by atoms with Gasteiger partial charge in [0.25, 0.3) is 5.91 Å². The number of anilines is 1. The topological polar surface area (TPSA) is 68.5 Å². The molecule has 0 fully saturated rings. The molecule has 0 aliphatic heterocycles. The normalized spacial score (nSPS) is 10.7. The van der Waals surface area contributed by atoms with Crippen molar-refractivity contribution in [3.05, 3.63) is 59.4 Å². The van der Waals surface area contributed by atoms with Crippen molar-refractivity contribution in [3.63, 3.8) is 0 Å². The number of fused-ring (bicyclic) bond motifs is 1. The Morgan fingerprint density at radius 3 is 2.50 bits per heavy atom. The first kappa shape index (κ1) is 17.7. The van der Waals surface area contributed by atoms with Crippen LogP contribution >= 0.6 is 0 Å². The van der Waals surface area contributed by atoms with Gasteiger partial charge in [-0.1, -0.05) is 6.07 Å². The van der Waals surface area contributed by atoms with Crippen LogP contribution in [0.2, 0.25) is 0 Å². The van der Waals surface area contributed by atoms with Crippen LogP contribution in [0.4, 0.5) is 5.69 Å². The van der Waals surface area contributed by atoms with E-state index in [2.05, 4.69) is 5.32 Å². The molecule has 0 aliphatic rings. The van der Waals surface area contributed by atoms with Crippen LogP contribution in [0.15, 0.2) is 46.9 Å². The molecule has 1 aromatic heterocycles. The highest BCUT2D eigenvalue weighted by molar-refractivity contribution is 6.06. The molecule has 3 aromatic rings. The number of Topliss-reactive ketones (excluding diaryl/α,β-unsaturated/α-hetero) is 1. The van der Waals surface area contributed by atoms with Crippen molar-refractivity contribution in [2.75, 3.05) is 12.4 Å². The number of furan rings is 1. The number of hydrogen-bond donors (Lipinski definition) is 1. The summed E-state index contributed by atoms with van der Waals surface area (Å²) < 4.78 is 10.9. The minimum absolute atomic E-state index is 0.161. The maximum Gasteiger partial charge on any atom is 0.291 e. The van der Waals surface area contributed by atoms with E-state index in [0.717, 1.165) is 22.3 Å². The molecule has 2 aromatic carbocycles. The summed E-state index contributed by atoms with van der Waals surface area (Å²) in [7, 11) is 1.59. The van der Waals surface area contributed by atoms with E-state index in [-0.39, 0.29) is 11.7 Å². The summed E-state index contributed by atoms with van der Waals surface area (Å²) in [5.41, 5.74) is 3.17. The summed E-state index contributed by atoms with van der Waals surface area (Å²) in [6.45, 7) is 3.45. The molecule has 0 bridgehead atoms. The second-order valence-electron chi connectivity index (χ2n) is 6.27. The second-order valence-corrected chi connectivity index (χ2v) is 6.27. The van der Waals surface area contributed by atoms with Gasteiger partial charge in [0.15, 0.2) is 5.76 Å². The predicted octanol–water partition coefficient (Wildman–Crippen LogP) is 4.52. The summed E-state index contributed by atoms with van der Waals surface area (Å²) in [6.07, 6.45) is 1.19. The van der Waals surface area contributed by atoms with Gasteiger partial charge in [0.2, 0.25) is 0 Å². The molecule has 5 nitrogen and oxygen atoms in total. The van der Waals surface area contributed by atoms with E-state index in [0.29, 0.717) is 29.9 Å². The van der Waals surface area contributed by atoms with Crippen LogP contribution in [0.25, 0.3) is 11.0 Å².